The van der Waals surface area contributed by atoms with Crippen molar-refractivity contribution in [1.82, 2.24) is 4.98 Å². The van der Waals surface area contributed by atoms with Gasteiger partial charge in [0.15, 0.2) is 0 Å². The standard InChI is InChI=1S/C10H13N3O3/c14-7-8-3-4-12(6-8)10-2-1-9(5-11-10)13(15)16/h1-2,5,8,14H,3-4,6-7H2/t8-/m1/s1. The van der Waals surface area contributed by atoms with Crippen LogP contribution in [0.4, 0.5) is 11.5 Å². The maximum absolute atomic E-state index is 10.5. The van der Waals surface area contributed by atoms with Crippen LogP contribution in [0.1, 0.15) is 6.42 Å². The quantitative estimate of drug-likeness (QED) is 0.605. The zero-order valence-corrected chi connectivity index (χ0v) is 8.74. The summed E-state index contributed by atoms with van der Waals surface area (Å²) in [5, 5.41) is 19.5. The molecule has 0 aromatic carbocycles. The number of nitrogens with zero attached hydrogens (tertiary/aromatic N) is 3. The van der Waals surface area contributed by atoms with Crippen LogP contribution in [0, 0.1) is 16.0 Å². The Morgan fingerprint density at radius 1 is 1.62 bits per heavy atom. The molecule has 0 unspecified atom stereocenters. The van der Waals surface area contributed by atoms with Crippen molar-refractivity contribution < 1.29 is 10.0 Å². The van der Waals surface area contributed by atoms with E-state index in [1.807, 2.05) is 4.90 Å². The van der Waals surface area contributed by atoms with Crippen molar-refractivity contribution in [2.75, 3.05) is 24.6 Å². The van der Waals surface area contributed by atoms with E-state index in [9.17, 15) is 10.1 Å². The molecule has 1 N–H and O–H groups in total. The minimum absolute atomic E-state index is 0.00153. The minimum atomic E-state index is -0.461. The van der Waals surface area contributed by atoms with E-state index in [-0.39, 0.29) is 18.2 Å². The molecular formula is C10H13N3O3. The summed E-state index contributed by atoms with van der Waals surface area (Å²) >= 11 is 0. The molecular weight excluding hydrogens is 210 g/mol. The molecule has 6 nitrogen and oxygen atoms in total. The van der Waals surface area contributed by atoms with Crippen LogP contribution >= 0.6 is 0 Å². The molecule has 0 spiro atoms. The average Bonchev–Trinajstić information content (AvgIpc) is 2.77. The fourth-order valence-corrected chi connectivity index (χ4v) is 1.86. The molecule has 1 aromatic rings. The summed E-state index contributed by atoms with van der Waals surface area (Å²) in [5.74, 6) is 1.03. The predicted octanol–water partition coefficient (Wildman–Crippen LogP) is 0.808. The number of aliphatic hydroxyl groups excluding tert-OH is 1. The summed E-state index contributed by atoms with van der Waals surface area (Å²) in [6.45, 7) is 1.79. The van der Waals surface area contributed by atoms with E-state index >= 15 is 0 Å². The highest BCUT2D eigenvalue weighted by molar-refractivity contribution is 5.43. The molecule has 1 aliphatic heterocycles. The number of aliphatic hydroxyl groups is 1. The monoisotopic (exact) mass is 223 g/mol. The van der Waals surface area contributed by atoms with Gasteiger partial charge in [-0.25, -0.2) is 4.98 Å². The van der Waals surface area contributed by atoms with Crippen LogP contribution in [-0.4, -0.2) is 34.7 Å². The molecule has 2 heterocycles. The first-order chi connectivity index (χ1) is 7.70. The summed E-state index contributed by atoms with van der Waals surface area (Å²) < 4.78 is 0. The highest BCUT2D eigenvalue weighted by Crippen LogP contribution is 2.22. The lowest BCUT2D eigenvalue weighted by atomic mass is 10.1. The Bertz CT molecular complexity index is 379. The van der Waals surface area contributed by atoms with Crippen molar-refractivity contribution in [3.63, 3.8) is 0 Å². The van der Waals surface area contributed by atoms with E-state index in [0.29, 0.717) is 0 Å². The minimum Gasteiger partial charge on any atom is -0.396 e. The van der Waals surface area contributed by atoms with Gasteiger partial charge in [0.2, 0.25) is 0 Å². The highest BCUT2D eigenvalue weighted by Gasteiger charge is 2.22. The van der Waals surface area contributed by atoms with E-state index in [1.54, 1.807) is 6.07 Å². The van der Waals surface area contributed by atoms with Crippen LogP contribution in [0.25, 0.3) is 0 Å². The maximum Gasteiger partial charge on any atom is 0.287 e. The zero-order valence-electron chi connectivity index (χ0n) is 8.74. The molecule has 1 atom stereocenters. The third kappa shape index (κ3) is 2.11. The van der Waals surface area contributed by atoms with Crippen molar-refractivity contribution in [3.8, 4) is 0 Å². The van der Waals surface area contributed by atoms with E-state index in [4.69, 9.17) is 5.11 Å². The van der Waals surface area contributed by atoms with Gasteiger partial charge < -0.3 is 10.0 Å². The molecule has 0 aliphatic carbocycles. The first-order valence-corrected chi connectivity index (χ1v) is 5.17. The van der Waals surface area contributed by atoms with Gasteiger partial charge >= 0.3 is 0 Å². The van der Waals surface area contributed by atoms with Crippen molar-refractivity contribution in [3.05, 3.63) is 28.4 Å². The topological polar surface area (TPSA) is 79.5 Å². The van der Waals surface area contributed by atoms with Crippen LogP contribution < -0.4 is 4.90 Å². The van der Waals surface area contributed by atoms with Gasteiger partial charge in [0.1, 0.15) is 12.0 Å². The zero-order chi connectivity index (χ0) is 11.5. The van der Waals surface area contributed by atoms with E-state index in [2.05, 4.69) is 4.98 Å². The van der Waals surface area contributed by atoms with Gasteiger partial charge in [-0.15, -0.1) is 0 Å². The van der Waals surface area contributed by atoms with E-state index < -0.39 is 4.92 Å². The van der Waals surface area contributed by atoms with Gasteiger partial charge in [-0.05, 0) is 12.5 Å². The van der Waals surface area contributed by atoms with Gasteiger partial charge in [0.25, 0.3) is 5.69 Å². The molecule has 0 radical (unpaired) electrons. The summed E-state index contributed by atoms with van der Waals surface area (Å²) in [6.07, 6.45) is 2.21. The fraction of sp³-hybridized carbons (Fsp3) is 0.500. The Kier molecular flexibility index (Phi) is 3.00. The molecule has 2 rings (SSSR count). The van der Waals surface area contributed by atoms with Gasteiger partial charge in [0.05, 0.1) is 4.92 Å². The van der Waals surface area contributed by atoms with E-state index in [0.717, 1.165) is 25.3 Å². The number of aromatic nitrogens is 1. The molecule has 1 fully saturated rings. The Labute approximate surface area is 92.7 Å². The maximum atomic E-state index is 10.5. The second kappa shape index (κ2) is 4.44. The summed E-state index contributed by atoms with van der Waals surface area (Å²) in [7, 11) is 0. The molecule has 86 valence electrons. The first-order valence-electron chi connectivity index (χ1n) is 5.17. The molecule has 1 aromatic heterocycles. The number of hydrogen-bond donors (Lipinski definition) is 1. The highest BCUT2D eigenvalue weighted by atomic mass is 16.6. The van der Waals surface area contributed by atoms with Crippen molar-refractivity contribution >= 4 is 11.5 Å². The SMILES string of the molecule is O=[N+]([O-])c1ccc(N2CC[C@@H](CO)C2)nc1. The smallest absolute Gasteiger partial charge is 0.287 e. The van der Waals surface area contributed by atoms with Crippen LogP contribution in [0.15, 0.2) is 18.3 Å². The van der Waals surface area contributed by atoms with Gasteiger partial charge in [-0.2, -0.15) is 0 Å². The fourth-order valence-electron chi connectivity index (χ4n) is 1.86. The van der Waals surface area contributed by atoms with Crippen molar-refractivity contribution in [2.24, 2.45) is 5.92 Å². The Balaban J connectivity index is 2.08. The van der Waals surface area contributed by atoms with Crippen LogP contribution in [0.5, 0.6) is 0 Å². The van der Waals surface area contributed by atoms with Crippen LogP contribution in [0.2, 0.25) is 0 Å². The number of rotatable bonds is 3. The van der Waals surface area contributed by atoms with Crippen molar-refractivity contribution in [1.29, 1.82) is 0 Å². The van der Waals surface area contributed by atoms with Crippen LogP contribution in [-0.2, 0) is 0 Å². The molecule has 0 bridgehead atoms. The van der Waals surface area contributed by atoms with Gasteiger partial charge in [-0.1, -0.05) is 0 Å². The molecule has 1 saturated heterocycles. The number of pyridine rings is 1. The average molecular weight is 223 g/mol. The van der Waals surface area contributed by atoms with Gasteiger partial charge in [-0.3, -0.25) is 10.1 Å². The summed E-state index contributed by atoms with van der Waals surface area (Å²) in [4.78, 5) is 16.1. The molecule has 0 saturated carbocycles. The lowest BCUT2D eigenvalue weighted by Gasteiger charge is -2.16. The van der Waals surface area contributed by atoms with Crippen LogP contribution in [0.3, 0.4) is 0 Å². The number of anilines is 1. The number of nitro groups is 1. The second-order valence-corrected chi connectivity index (χ2v) is 3.91. The largest absolute Gasteiger partial charge is 0.396 e. The normalized spacial score (nSPS) is 20.1. The third-order valence-corrected chi connectivity index (χ3v) is 2.81. The first kappa shape index (κ1) is 10.8. The lowest BCUT2D eigenvalue weighted by Crippen LogP contribution is -2.21. The molecule has 16 heavy (non-hydrogen) atoms. The molecule has 6 heteroatoms. The molecule has 0 amide bonds. The lowest BCUT2D eigenvalue weighted by molar-refractivity contribution is -0.385. The Morgan fingerprint density at radius 2 is 2.44 bits per heavy atom. The van der Waals surface area contributed by atoms with Gasteiger partial charge in [0, 0.05) is 31.7 Å². The van der Waals surface area contributed by atoms with E-state index in [1.165, 1.54) is 12.3 Å². The summed E-state index contributed by atoms with van der Waals surface area (Å²) in [5.41, 5.74) is 0.00153. The third-order valence-electron chi connectivity index (χ3n) is 2.81. The summed E-state index contributed by atoms with van der Waals surface area (Å²) in [6, 6.07) is 3.10. The van der Waals surface area contributed by atoms with Crippen molar-refractivity contribution in [2.45, 2.75) is 6.42 Å². The number of hydrogen-bond acceptors (Lipinski definition) is 5. The Hall–Kier alpha value is -1.69. The Morgan fingerprint density at radius 3 is 2.94 bits per heavy atom. The molecule has 1 aliphatic rings. The predicted molar refractivity (Wildman–Crippen MR) is 58.3 cm³/mol. The second-order valence-electron chi connectivity index (χ2n) is 3.91.